The second-order valence-electron chi connectivity index (χ2n) is 8.10. The first kappa shape index (κ1) is 25.3. The lowest BCUT2D eigenvalue weighted by atomic mass is 10.0. The number of methoxy groups -OCH3 is 1. The summed E-state index contributed by atoms with van der Waals surface area (Å²) in [6, 6.07) is 5.40. The first-order valence-electron chi connectivity index (χ1n) is 11.6. The highest BCUT2D eigenvalue weighted by atomic mass is 16.5. The molecule has 0 bridgehead atoms. The molecule has 0 radical (unpaired) electrons. The average Bonchev–Trinajstić information content (AvgIpc) is 2.70. The van der Waals surface area contributed by atoms with Gasteiger partial charge >= 0.3 is 5.97 Å². The highest BCUT2D eigenvalue weighted by Gasteiger charge is 2.13. The molecule has 0 heterocycles. The van der Waals surface area contributed by atoms with E-state index in [1.807, 2.05) is 12.1 Å². The number of esters is 1. The third-order valence-electron chi connectivity index (χ3n) is 5.46. The number of hydrogen-bond donors (Lipinski definition) is 1. The number of phenols is 1. The van der Waals surface area contributed by atoms with Gasteiger partial charge in [0.15, 0.2) is 11.5 Å². The third kappa shape index (κ3) is 12.5. The standard InChI is InChI=1S/C25H42O4/c1-4-5-6-7-8-9-10-11-12-13-14-15-23(29-21(2)26)18-16-22-17-19-24(27)25(20-22)28-3/h17,19-20,23,27H,4-16,18H2,1-3H3. The van der Waals surface area contributed by atoms with Gasteiger partial charge in [0, 0.05) is 6.92 Å². The Morgan fingerprint density at radius 1 is 0.931 bits per heavy atom. The summed E-state index contributed by atoms with van der Waals surface area (Å²) in [6.07, 6.45) is 17.0. The molecular formula is C25H42O4. The van der Waals surface area contributed by atoms with Crippen molar-refractivity contribution in [3.63, 3.8) is 0 Å². The molecule has 1 N–H and O–H groups in total. The summed E-state index contributed by atoms with van der Waals surface area (Å²) in [7, 11) is 1.55. The zero-order valence-corrected chi connectivity index (χ0v) is 18.9. The number of unbranched alkanes of at least 4 members (excludes halogenated alkanes) is 10. The molecule has 1 atom stereocenters. The molecule has 0 saturated heterocycles. The summed E-state index contributed by atoms with van der Waals surface area (Å²) in [5, 5.41) is 9.71. The van der Waals surface area contributed by atoms with Crippen LogP contribution in [0.15, 0.2) is 18.2 Å². The van der Waals surface area contributed by atoms with Crippen molar-refractivity contribution in [2.75, 3.05) is 7.11 Å². The molecule has 1 unspecified atom stereocenters. The monoisotopic (exact) mass is 406 g/mol. The maximum absolute atomic E-state index is 11.4. The predicted molar refractivity (Wildman–Crippen MR) is 120 cm³/mol. The van der Waals surface area contributed by atoms with Gasteiger partial charge in [0.25, 0.3) is 0 Å². The largest absolute Gasteiger partial charge is 0.504 e. The molecule has 29 heavy (non-hydrogen) atoms. The summed E-state index contributed by atoms with van der Waals surface area (Å²) < 4.78 is 10.7. The third-order valence-corrected chi connectivity index (χ3v) is 5.46. The SMILES string of the molecule is CCCCCCCCCCCCCC(CCc1ccc(O)c(OC)c1)OC(C)=O. The van der Waals surface area contributed by atoms with Gasteiger partial charge in [-0.25, -0.2) is 0 Å². The second-order valence-corrected chi connectivity index (χ2v) is 8.10. The molecule has 1 aromatic rings. The van der Waals surface area contributed by atoms with E-state index in [2.05, 4.69) is 6.92 Å². The quantitative estimate of drug-likeness (QED) is 0.224. The number of phenolic OH excluding ortho intramolecular Hbond substituents is 1. The Morgan fingerprint density at radius 2 is 1.52 bits per heavy atom. The van der Waals surface area contributed by atoms with Gasteiger partial charge in [-0.05, 0) is 43.4 Å². The van der Waals surface area contributed by atoms with E-state index in [0.717, 1.165) is 31.2 Å². The highest BCUT2D eigenvalue weighted by Crippen LogP contribution is 2.27. The zero-order valence-electron chi connectivity index (χ0n) is 18.9. The van der Waals surface area contributed by atoms with Crippen LogP contribution in [0.25, 0.3) is 0 Å². The van der Waals surface area contributed by atoms with Gasteiger partial charge in [0.05, 0.1) is 7.11 Å². The number of aromatic hydroxyl groups is 1. The van der Waals surface area contributed by atoms with Crippen LogP contribution in [0.1, 0.15) is 103 Å². The van der Waals surface area contributed by atoms with Crippen LogP contribution in [0.5, 0.6) is 11.5 Å². The van der Waals surface area contributed by atoms with Crippen LogP contribution in [0.2, 0.25) is 0 Å². The maximum Gasteiger partial charge on any atom is 0.302 e. The Bertz CT molecular complexity index is 556. The molecule has 4 nitrogen and oxygen atoms in total. The van der Waals surface area contributed by atoms with E-state index in [1.165, 1.54) is 71.1 Å². The molecule has 4 heteroatoms. The fourth-order valence-corrected chi connectivity index (χ4v) is 3.74. The molecule has 0 spiro atoms. The van der Waals surface area contributed by atoms with Crippen LogP contribution in [0, 0.1) is 0 Å². The van der Waals surface area contributed by atoms with Gasteiger partial charge in [-0.2, -0.15) is 0 Å². The Balaban J connectivity index is 2.21. The Hall–Kier alpha value is -1.71. The smallest absolute Gasteiger partial charge is 0.302 e. The number of hydrogen-bond acceptors (Lipinski definition) is 4. The van der Waals surface area contributed by atoms with Crippen LogP contribution in [-0.2, 0) is 16.0 Å². The van der Waals surface area contributed by atoms with Gasteiger partial charge in [-0.15, -0.1) is 0 Å². The van der Waals surface area contributed by atoms with Crippen molar-refractivity contribution < 1.29 is 19.4 Å². The van der Waals surface area contributed by atoms with E-state index in [-0.39, 0.29) is 17.8 Å². The van der Waals surface area contributed by atoms with Gasteiger partial charge in [0.1, 0.15) is 6.10 Å². The van der Waals surface area contributed by atoms with Crippen LogP contribution in [0.3, 0.4) is 0 Å². The van der Waals surface area contributed by atoms with Gasteiger partial charge in [-0.1, -0.05) is 77.2 Å². The molecule has 1 rings (SSSR count). The number of aryl methyl sites for hydroxylation is 1. The van der Waals surface area contributed by atoms with Crippen molar-refractivity contribution in [2.24, 2.45) is 0 Å². The Kier molecular flexibility index (Phi) is 14.1. The minimum Gasteiger partial charge on any atom is -0.504 e. The molecule has 0 aliphatic heterocycles. The Morgan fingerprint density at radius 3 is 2.07 bits per heavy atom. The lowest BCUT2D eigenvalue weighted by Crippen LogP contribution is -2.17. The molecule has 0 aliphatic carbocycles. The lowest BCUT2D eigenvalue weighted by Gasteiger charge is -2.17. The molecular weight excluding hydrogens is 364 g/mol. The minimum atomic E-state index is -0.207. The van der Waals surface area contributed by atoms with Gasteiger partial charge in [0.2, 0.25) is 0 Å². The van der Waals surface area contributed by atoms with Gasteiger partial charge < -0.3 is 14.6 Å². The van der Waals surface area contributed by atoms with E-state index < -0.39 is 0 Å². The lowest BCUT2D eigenvalue weighted by molar-refractivity contribution is -0.147. The van der Waals surface area contributed by atoms with E-state index in [9.17, 15) is 9.90 Å². The fraction of sp³-hybridized carbons (Fsp3) is 0.720. The normalized spacial score (nSPS) is 12.0. The molecule has 0 fully saturated rings. The number of benzene rings is 1. The fourth-order valence-electron chi connectivity index (χ4n) is 3.74. The highest BCUT2D eigenvalue weighted by molar-refractivity contribution is 5.66. The van der Waals surface area contributed by atoms with Gasteiger partial charge in [-0.3, -0.25) is 4.79 Å². The molecule has 0 saturated carbocycles. The van der Waals surface area contributed by atoms with Crippen LogP contribution in [0.4, 0.5) is 0 Å². The number of rotatable bonds is 17. The van der Waals surface area contributed by atoms with Crippen LogP contribution >= 0.6 is 0 Å². The van der Waals surface area contributed by atoms with E-state index in [4.69, 9.17) is 9.47 Å². The second kappa shape index (κ2) is 16.1. The van der Waals surface area contributed by atoms with Crippen LogP contribution in [-0.4, -0.2) is 24.3 Å². The topological polar surface area (TPSA) is 55.8 Å². The first-order chi connectivity index (χ1) is 14.1. The molecule has 0 aliphatic rings. The first-order valence-corrected chi connectivity index (χ1v) is 11.6. The van der Waals surface area contributed by atoms with Crippen molar-refractivity contribution in [1.82, 2.24) is 0 Å². The number of carbonyl (C=O) groups is 1. The summed E-state index contributed by atoms with van der Waals surface area (Å²) in [5.74, 6) is 0.423. The predicted octanol–water partition coefficient (Wildman–Crippen LogP) is 6.97. The van der Waals surface area contributed by atoms with E-state index in [0.29, 0.717) is 5.75 Å². The molecule has 0 amide bonds. The summed E-state index contributed by atoms with van der Waals surface area (Å²) >= 11 is 0. The van der Waals surface area contributed by atoms with Crippen molar-refractivity contribution in [1.29, 1.82) is 0 Å². The average molecular weight is 407 g/mol. The summed E-state index contributed by atoms with van der Waals surface area (Å²) in [6.45, 7) is 3.74. The molecule has 1 aromatic carbocycles. The molecule has 166 valence electrons. The number of ether oxygens (including phenoxy) is 2. The summed E-state index contributed by atoms with van der Waals surface area (Å²) in [4.78, 5) is 11.4. The van der Waals surface area contributed by atoms with Crippen molar-refractivity contribution in [3.8, 4) is 11.5 Å². The summed E-state index contributed by atoms with van der Waals surface area (Å²) in [5.41, 5.74) is 1.08. The molecule has 0 aromatic heterocycles. The van der Waals surface area contributed by atoms with Crippen LogP contribution < -0.4 is 4.74 Å². The maximum atomic E-state index is 11.4. The minimum absolute atomic E-state index is 0.0362. The van der Waals surface area contributed by atoms with Crippen molar-refractivity contribution in [3.05, 3.63) is 23.8 Å². The van der Waals surface area contributed by atoms with E-state index in [1.54, 1.807) is 13.2 Å². The van der Waals surface area contributed by atoms with Crippen molar-refractivity contribution >= 4 is 5.97 Å². The van der Waals surface area contributed by atoms with E-state index >= 15 is 0 Å². The number of carbonyl (C=O) groups excluding carboxylic acids is 1. The Labute approximate surface area is 178 Å². The zero-order chi connectivity index (χ0) is 21.3. The van der Waals surface area contributed by atoms with Crippen molar-refractivity contribution in [2.45, 2.75) is 110 Å².